The molecule has 0 aliphatic carbocycles. The van der Waals surface area contributed by atoms with Crippen molar-refractivity contribution < 1.29 is 14.3 Å². The molecule has 0 atom stereocenters. The van der Waals surface area contributed by atoms with E-state index in [1.165, 1.54) is 5.56 Å². The normalized spacial score (nSPS) is 11.0. The predicted molar refractivity (Wildman–Crippen MR) is 94.1 cm³/mol. The van der Waals surface area contributed by atoms with Gasteiger partial charge < -0.3 is 14.8 Å². The summed E-state index contributed by atoms with van der Waals surface area (Å²) in [6, 6.07) is 13.5. The van der Waals surface area contributed by atoms with Gasteiger partial charge in [-0.05, 0) is 60.7 Å². The molecule has 0 saturated carbocycles. The first-order valence-corrected chi connectivity index (χ1v) is 8.04. The van der Waals surface area contributed by atoms with Gasteiger partial charge in [-0.1, -0.05) is 24.3 Å². The number of furan rings is 1. The second kappa shape index (κ2) is 6.89. The lowest BCUT2D eigenvalue weighted by atomic mass is 10.1. The zero-order valence-corrected chi connectivity index (χ0v) is 13.9. The first-order chi connectivity index (χ1) is 11.6. The van der Waals surface area contributed by atoms with Crippen LogP contribution in [0.5, 0.6) is 0 Å². The first-order valence-electron chi connectivity index (χ1n) is 8.04. The standard InChI is InChI=1S/C20H21NO3/c1-13-9-17-11-19(24-18(17)10-14(13)2)20(23)21-8-7-15-3-5-16(12-22)6-4-15/h3-6,9-11,22H,7-8,12H2,1-2H3,(H,21,23). The van der Waals surface area contributed by atoms with Crippen molar-refractivity contribution in [2.45, 2.75) is 26.9 Å². The van der Waals surface area contributed by atoms with Crippen molar-refractivity contribution >= 4 is 16.9 Å². The van der Waals surface area contributed by atoms with Crippen molar-refractivity contribution in [3.05, 3.63) is 70.5 Å². The lowest BCUT2D eigenvalue weighted by Gasteiger charge is -2.04. The van der Waals surface area contributed by atoms with Gasteiger partial charge in [-0.15, -0.1) is 0 Å². The summed E-state index contributed by atoms with van der Waals surface area (Å²) >= 11 is 0. The number of amides is 1. The molecule has 1 heterocycles. The van der Waals surface area contributed by atoms with Crippen molar-refractivity contribution in [2.24, 2.45) is 0 Å². The number of carbonyl (C=O) groups excluding carboxylic acids is 1. The highest BCUT2D eigenvalue weighted by Crippen LogP contribution is 2.23. The minimum absolute atomic E-state index is 0.0437. The summed E-state index contributed by atoms with van der Waals surface area (Å²) in [4.78, 5) is 12.2. The van der Waals surface area contributed by atoms with E-state index in [1.807, 2.05) is 50.2 Å². The molecule has 1 aromatic heterocycles. The summed E-state index contributed by atoms with van der Waals surface area (Å²) in [5, 5.41) is 12.9. The van der Waals surface area contributed by atoms with Crippen molar-refractivity contribution in [2.75, 3.05) is 6.54 Å². The van der Waals surface area contributed by atoms with E-state index in [0.29, 0.717) is 12.3 Å². The fourth-order valence-electron chi connectivity index (χ4n) is 2.63. The highest BCUT2D eigenvalue weighted by molar-refractivity contribution is 5.96. The molecule has 0 fully saturated rings. The molecule has 24 heavy (non-hydrogen) atoms. The predicted octanol–water partition coefficient (Wildman–Crippen LogP) is 3.51. The van der Waals surface area contributed by atoms with E-state index in [0.717, 1.165) is 34.1 Å². The van der Waals surface area contributed by atoms with Crippen molar-refractivity contribution in [3.63, 3.8) is 0 Å². The number of aryl methyl sites for hydroxylation is 2. The highest BCUT2D eigenvalue weighted by Gasteiger charge is 2.12. The molecule has 0 aliphatic heterocycles. The van der Waals surface area contributed by atoms with E-state index in [9.17, 15) is 4.79 Å². The van der Waals surface area contributed by atoms with E-state index >= 15 is 0 Å². The first kappa shape index (κ1) is 16.3. The van der Waals surface area contributed by atoms with Gasteiger partial charge in [0.1, 0.15) is 5.58 Å². The van der Waals surface area contributed by atoms with Gasteiger partial charge >= 0.3 is 0 Å². The molecule has 2 aromatic carbocycles. The van der Waals surface area contributed by atoms with Gasteiger partial charge in [0.25, 0.3) is 5.91 Å². The maximum atomic E-state index is 12.2. The number of aliphatic hydroxyl groups excluding tert-OH is 1. The van der Waals surface area contributed by atoms with Crippen LogP contribution in [0.1, 0.15) is 32.8 Å². The van der Waals surface area contributed by atoms with Gasteiger partial charge in [-0.2, -0.15) is 0 Å². The van der Waals surface area contributed by atoms with E-state index in [-0.39, 0.29) is 12.5 Å². The maximum Gasteiger partial charge on any atom is 0.287 e. The Morgan fingerprint density at radius 1 is 1.04 bits per heavy atom. The average molecular weight is 323 g/mol. The number of hydrogen-bond acceptors (Lipinski definition) is 3. The fraction of sp³-hybridized carbons (Fsp3) is 0.250. The molecule has 4 heteroatoms. The van der Waals surface area contributed by atoms with Crippen LogP contribution in [-0.2, 0) is 13.0 Å². The minimum Gasteiger partial charge on any atom is -0.451 e. The summed E-state index contributed by atoms with van der Waals surface area (Å²) in [5.41, 5.74) is 5.07. The molecule has 0 unspecified atom stereocenters. The van der Waals surface area contributed by atoms with Crippen LogP contribution in [0.15, 0.2) is 46.9 Å². The van der Waals surface area contributed by atoms with Gasteiger partial charge in [-0.3, -0.25) is 4.79 Å². The summed E-state index contributed by atoms with van der Waals surface area (Å²) in [6.07, 6.45) is 0.732. The largest absolute Gasteiger partial charge is 0.451 e. The van der Waals surface area contributed by atoms with E-state index in [1.54, 1.807) is 6.07 Å². The van der Waals surface area contributed by atoms with Crippen LogP contribution in [-0.4, -0.2) is 17.6 Å². The molecule has 3 rings (SSSR count). The topological polar surface area (TPSA) is 62.5 Å². The maximum absolute atomic E-state index is 12.2. The van der Waals surface area contributed by atoms with E-state index in [4.69, 9.17) is 9.52 Å². The molecule has 0 aliphatic rings. The molecular formula is C20H21NO3. The van der Waals surface area contributed by atoms with Crippen LogP contribution in [0.2, 0.25) is 0 Å². The molecule has 0 radical (unpaired) electrons. The molecular weight excluding hydrogens is 302 g/mol. The Balaban J connectivity index is 1.62. The molecule has 0 spiro atoms. The Labute approximate surface area is 141 Å². The summed E-state index contributed by atoms with van der Waals surface area (Å²) < 4.78 is 5.66. The van der Waals surface area contributed by atoms with Crippen molar-refractivity contribution in [1.82, 2.24) is 5.32 Å². The van der Waals surface area contributed by atoms with Gasteiger partial charge in [0.05, 0.1) is 6.61 Å². The van der Waals surface area contributed by atoms with E-state index in [2.05, 4.69) is 5.32 Å². The fourth-order valence-corrected chi connectivity index (χ4v) is 2.63. The van der Waals surface area contributed by atoms with Gasteiger partial charge in [0.15, 0.2) is 5.76 Å². The molecule has 4 nitrogen and oxygen atoms in total. The van der Waals surface area contributed by atoms with Crippen LogP contribution < -0.4 is 5.32 Å². The summed E-state index contributed by atoms with van der Waals surface area (Å²) in [7, 11) is 0. The SMILES string of the molecule is Cc1cc2cc(C(=O)NCCc3ccc(CO)cc3)oc2cc1C. The molecule has 124 valence electrons. The lowest BCUT2D eigenvalue weighted by molar-refractivity contribution is 0.0928. The molecule has 0 saturated heterocycles. The highest BCUT2D eigenvalue weighted by atomic mass is 16.3. The average Bonchev–Trinajstić information content (AvgIpc) is 2.98. The van der Waals surface area contributed by atoms with Crippen LogP contribution in [0.3, 0.4) is 0 Å². The number of hydrogen-bond donors (Lipinski definition) is 2. The van der Waals surface area contributed by atoms with E-state index < -0.39 is 0 Å². The van der Waals surface area contributed by atoms with Gasteiger partial charge in [-0.25, -0.2) is 0 Å². The third kappa shape index (κ3) is 3.49. The molecule has 1 amide bonds. The minimum atomic E-state index is -0.200. The Hall–Kier alpha value is -2.59. The molecule has 2 N–H and O–H groups in total. The van der Waals surface area contributed by atoms with Crippen molar-refractivity contribution in [3.8, 4) is 0 Å². The number of carbonyl (C=O) groups is 1. The van der Waals surface area contributed by atoms with Gasteiger partial charge in [0.2, 0.25) is 0 Å². The zero-order chi connectivity index (χ0) is 17.1. The third-order valence-corrected chi connectivity index (χ3v) is 4.26. The second-order valence-corrected chi connectivity index (χ2v) is 6.07. The smallest absolute Gasteiger partial charge is 0.287 e. The monoisotopic (exact) mass is 323 g/mol. The second-order valence-electron chi connectivity index (χ2n) is 6.07. The van der Waals surface area contributed by atoms with Crippen LogP contribution in [0.4, 0.5) is 0 Å². The Morgan fingerprint density at radius 3 is 2.42 bits per heavy atom. The lowest BCUT2D eigenvalue weighted by Crippen LogP contribution is -2.25. The van der Waals surface area contributed by atoms with Crippen molar-refractivity contribution in [1.29, 1.82) is 0 Å². The Bertz CT molecular complexity index is 823. The van der Waals surface area contributed by atoms with Gasteiger partial charge in [0, 0.05) is 11.9 Å². The molecule has 3 aromatic rings. The van der Waals surface area contributed by atoms with Crippen LogP contribution >= 0.6 is 0 Å². The number of fused-ring (bicyclic) bond motifs is 1. The third-order valence-electron chi connectivity index (χ3n) is 4.26. The number of nitrogens with one attached hydrogen (secondary N) is 1. The Kier molecular flexibility index (Phi) is 4.67. The molecule has 0 bridgehead atoms. The number of aliphatic hydroxyl groups is 1. The number of rotatable bonds is 5. The quantitative estimate of drug-likeness (QED) is 0.755. The number of benzene rings is 2. The summed E-state index contributed by atoms with van der Waals surface area (Å²) in [6.45, 7) is 4.65. The van der Waals surface area contributed by atoms with Crippen LogP contribution in [0.25, 0.3) is 11.0 Å². The zero-order valence-electron chi connectivity index (χ0n) is 13.9. The Morgan fingerprint density at radius 2 is 1.71 bits per heavy atom. The van der Waals surface area contributed by atoms with Crippen LogP contribution in [0, 0.1) is 13.8 Å². The summed E-state index contributed by atoms with van der Waals surface area (Å²) in [5.74, 6) is 0.138.